The number of methoxy groups -OCH3 is 1. The predicted molar refractivity (Wildman–Crippen MR) is 127 cm³/mol. The fourth-order valence-corrected chi connectivity index (χ4v) is 4.12. The molecule has 0 aliphatic heterocycles. The number of pyridine rings is 1. The Balaban J connectivity index is 1.57. The molecule has 178 valence electrons. The number of aromatic nitrogens is 3. The summed E-state index contributed by atoms with van der Waals surface area (Å²) in [5, 5.41) is 16.7. The first-order valence-electron chi connectivity index (χ1n) is 10.1. The Kier molecular flexibility index (Phi) is 6.46. The number of hydrogen-bond donors (Lipinski definition) is 3. The Morgan fingerprint density at radius 2 is 1.74 bits per heavy atom. The van der Waals surface area contributed by atoms with E-state index in [0.29, 0.717) is 5.75 Å². The first kappa shape index (κ1) is 23.4. The van der Waals surface area contributed by atoms with E-state index in [9.17, 15) is 23.1 Å². The molecule has 3 N–H and O–H groups in total. The van der Waals surface area contributed by atoms with Crippen molar-refractivity contribution in [3.05, 3.63) is 95.0 Å². The van der Waals surface area contributed by atoms with Crippen LogP contribution in [0.2, 0.25) is 0 Å². The number of amides is 1. The first-order valence-corrected chi connectivity index (χ1v) is 11.6. The Hall–Kier alpha value is -4.71. The molecule has 4 rings (SSSR count). The maximum Gasteiger partial charge on any atom is 0.279 e. The van der Waals surface area contributed by atoms with Crippen molar-refractivity contribution in [1.29, 1.82) is 0 Å². The number of nitrogens with zero attached hydrogens (tertiary/aromatic N) is 3. The molecule has 35 heavy (non-hydrogen) atoms. The van der Waals surface area contributed by atoms with Crippen LogP contribution in [-0.2, 0) is 10.0 Å². The fraction of sp³-hybridized carbons (Fsp3) is 0.0435. The number of aromatic hydroxyl groups is 1. The lowest BCUT2D eigenvalue weighted by atomic mass is 10.2. The van der Waals surface area contributed by atoms with Gasteiger partial charge in [0.25, 0.3) is 21.5 Å². The van der Waals surface area contributed by atoms with E-state index in [-0.39, 0.29) is 22.1 Å². The van der Waals surface area contributed by atoms with Gasteiger partial charge < -0.3 is 15.2 Å². The largest absolute Gasteiger partial charge is 0.505 e. The van der Waals surface area contributed by atoms with Crippen LogP contribution in [0.4, 0.5) is 11.5 Å². The Bertz CT molecular complexity index is 1540. The molecule has 0 atom stereocenters. The van der Waals surface area contributed by atoms with Crippen LogP contribution in [0, 0.1) is 0 Å². The molecule has 1 amide bonds. The highest BCUT2D eigenvalue weighted by Gasteiger charge is 2.19. The Morgan fingerprint density at radius 1 is 1.03 bits per heavy atom. The number of ether oxygens (including phenoxy) is 1. The summed E-state index contributed by atoms with van der Waals surface area (Å²) in [4.78, 5) is 29.1. The average Bonchev–Trinajstić information content (AvgIpc) is 2.85. The molecule has 0 unspecified atom stereocenters. The maximum atomic E-state index is 12.8. The lowest BCUT2D eigenvalue weighted by molar-refractivity contribution is 0.101. The minimum atomic E-state index is -3.89. The lowest BCUT2D eigenvalue weighted by Gasteiger charge is -2.12. The molecular weight excluding hydrogens is 474 g/mol. The van der Waals surface area contributed by atoms with E-state index in [1.54, 1.807) is 36.4 Å². The molecule has 12 heteroatoms. The van der Waals surface area contributed by atoms with E-state index >= 15 is 0 Å². The van der Waals surface area contributed by atoms with Crippen molar-refractivity contribution in [2.75, 3.05) is 17.1 Å². The van der Waals surface area contributed by atoms with E-state index in [2.05, 4.69) is 20.1 Å². The number of benzene rings is 2. The average molecular weight is 494 g/mol. The number of anilines is 2. The smallest absolute Gasteiger partial charge is 0.279 e. The van der Waals surface area contributed by atoms with Gasteiger partial charge in [0.1, 0.15) is 17.3 Å². The third-order valence-electron chi connectivity index (χ3n) is 4.77. The van der Waals surface area contributed by atoms with Gasteiger partial charge in [0.15, 0.2) is 11.4 Å². The number of hydrogen-bond acceptors (Lipinski definition) is 8. The summed E-state index contributed by atoms with van der Waals surface area (Å²) in [5.74, 6) is -0.919. The van der Waals surface area contributed by atoms with E-state index in [1.165, 1.54) is 43.6 Å². The van der Waals surface area contributed by atoms with Gasteiger partial charge in [-0.05, 0) is 48.5 Å². The highest BCUT2D eigenvalue weighted by molar-refractivity contribution is 7.92. The van der Waals surface area contributed by atoms with Crippen LogP contribution in [0.25, 0.3) is 5.69 Å². The van der Waals surface area contributed by atoms with Crippen LogP contribution >= 0.6 is 0 Å². The van der Waals surface area contributed by atoms with Crippen LogP contribution in [0.15, 0.2) is 88.7 Å². The number of nitrogens with one attached hydrogen (secondary N) is 2. The van der Waals surface area contributed by atoms with Gasteiger partial charge in [-0.2, -0.15) is 9.78 Å². The van der Waals surface area contributed by atoms with E-state index in [4.69, 9.17) is 4.74 Å². The molecule has 0 aliphatic rings. The third kappa shape index (κ3) is 5.12. The molecule has 0 radical (unpaired) electrons. The number of para-hydroxylation sites is 2. The zero-order valence-corrected chi connectivity index (χ0v) is 19.1. The quantitative estimate of drug-likeness (QED) is 0.355. The summed E-state index contributed by atoms with van der Waals surface area (Å²) in [6.07, 6.45) is 1.46. The topological polar surface area (TPSA) is 153 Å². The zero-order valence-electron chi connectivity index (χ0n) is 18.2. The molecule has 0 bridgehead atoms. The van der Waals surface area contributed by atoms with Gasteiger partial charge >= 0.3 is 0 Å². The summed E-state index contributed by atoms with van der Waals surface area (Å²) in [6, 6.07) is 17.6. The number of sulfonamides is 1. The highest BCUT2D eigenvalue weighted by Crippen LogP contribution is 2.22. The van der Waals surface area contributed by atoms with Crippen molar-refractivity contribution < 1.29 is 23.1 Å². The molecule has 4 aromatic rings. The molecule has 0 spiro atoms. The molecule has 11 nitrogen and oxygen atoms in total. The third-order valence-corrected chi connectivity index (χ3v) is 6.14. The molecule has 0 saturated heterocycles. The van der Waals surface area contributed by atoms with E-state index in [1.807, 2.05) is 0 Å². The van der Waals surface area contributed by atoms with Crippen LogP contribution < -0.4 is 20.3 Å². The van der Waals surface area contributed by atoms with Gasteiger partial charge in [-0.15, -0.1) is 0 Å². The predicted octanol–water partition coefficient (Wildman–Crippen LogP) is 2.39. The van der Waals surface area contributed by atoms with Crippen LogP contribution in [0.3, 0.4) is 0 Å². The molecule has 0 saturated carbocycles. The van der Waals surface area contributed by atoms with Crippen molar-refractivity contribution in [3.8, 4) is 17.2 Å². The van der Waals surface area contributed by atoms with Crippen LogP contribution in [-0.4, -0.2) is 41.3 Å². The first-order chi connectivity index (χ1) is 16.8. The second kappa shape index (κ2) is 9.65. The summed E-state index contributed by atoms with van der Waals surface area (Å²) in [6.45, 7) is 0. The zero-order chi connectivity index (χ0) is 25.0. The highest BCUT2D eigenvalue weighted by atomic mass is 32.2. The Labute approximate surface area is 199 Å². The Morgan fingerprint density at radius 3 is 2.43 bits per heavy atom. The molecule has 0 fully saturated rings. The van der Waals surface area contributed by atoms with Crippen molar-refractivity contribution in [3.63, 3.8) is 0 Å². The van der Waals surface area contributed by atoms with Gasteiger partial charge in [0.2, 0.25) is 0 Å². The van der Waals surface area contributed by atoms with E-state index in [0.717, 1.165) is 10.7 Å². The number of carbonyl (C=O) groups excluding carboxylic acids is 1. The second-order valence-electron chi connectivity index (χ2n) is 7.10. The van der Waals surface area contributed by atoms with Gasteiger partial charge in [-0.3, -0.25) is 14.3 Å². The standard InChI is InChI=1S/C23H19N5O6S/c1-34-19-7-3-2-6-17(19)28-21(30)14-18(29)22(26-28)23(31)25-15-9-11-16(12-10-15)35(32,33)27-20-8-4-5-13-24-20/h2-14,29H,1H3,(H,24,27)(H,25,31). The maximum absolute atomic E-state index is 12.8. The molecule has 2 aromatic heterocycles. The number of carbonyl (C=O) groups is 1. The number of rotatable bonds is 7. The normalized spacial score (nSPS) is 11.0. The van der Waals surface area contributed by atoms with Crippen LogP contribution in [0.5, 0.6) is 11.5 Å². The minimum absolute atomic E-state index is 0.0492. The van der Waals surface area contributed by atoms with Crippen molar-refractivity contribution in [1.82, 2.24) is 14.8 Å². The van der Waals surface area contributed by atoms with Crippen molar-refractivity contribution in [2.24, 2.45) is 0 Å². The van der Waals surface area contributed by atoms with E-state index < -0.39 is 32.9 Å². The molecule has 0 aliphatic carbocycles. The summed E-state index contributed by atoms with van der Waals surface area (Å²) in [7, 11) is -2.47. The van der Waals surface area contributed by atoms with Crippen molar-refractivity contribution in [2.45, 2.75) is 4.90 Å². The lowest BCUT2D eigenvalue weighted by Crippen LogP contribution is -2.25. The van der Waals surface area contributed by atoms with Gasteiger partial charge in [0, 0.05) is 18.0 Å². The molecular formula is C23H19N5O6S. The minimum Gasteiger partial charge on any atom is -0.505 e. The second-order valence-corrected chi connectivity index (χ2v) is 8.78. The monoisotopic (exact) mass is 493 g/mol. The van der Waals surface area contributed by atoms with Gasteiger partial charge in [0.05, 0.1) is 12.0 Å². The molecule has 2 heterocycles. The summed E-state index contributed by atoms with van der Waals surface area (Å²) < 4.78 is 33.6. The molecule has 2 aromatic carbocycles. The summed E-state index contributed by atoms with van der Waals surface area (Å²) in [5.41, 5.74) is -0.561. The fourth-order valence-electron chi connectivity index (χ4n) is 3.11. The summed E-state index contributed by atoms with van der Waals surface area (Å²) >= 11 is 0. The van der Waals surface area contributed by atoms with Crippen LogP contribution in [0.1, 0.15) is 10.5 Å². The van der Waals surface area contributed by atoms with Gasteiger partial charge in [-0.1, -0.05) is 18.2 Å². The van der Waals surface area contributed by atoms with Crippen molar-refractivity contribution >= 4 is 27.4 Å². The SMILES string of the molecule is COc1ccccc1-n1nc(C(=O)Nc2ccc(S(=O)(=O)Nc3ccccn3)cc2)c(O)cc1=O. The van der Waals surface area contributed by atoms with Gasteiger partial charge in [-0.25, -0.2) is 13.4 Å².